The molecule has 0 atom stereocenters. The molecule has 0 N–H and O–H groups in total. The van der Waals surface area contributed by atoms with Crippen molar-refractivity contribution in [2.24, 2.45) is 5.92 Å². The number of rotatable bonds is 6. The fourth-order valence-corrected chi connectivity index (χ4v) is 1.61. The first-order valence-electron chi connectivity index (χ1n) is 6.85. The summed E-state index contributed by atoms with van der Waals surface area (Å²) in [5.74, 6) is -1.24. The number of ether oxygens (including phenoxy) is 2. The quantitative estimate of drug-likeness (QED) is 0.749. The monoisotopic (exact) mass is 296 g/mol. The van der Waals surface area contributed by atoms with E-state index in [1.807, 2.05) is 20.8 Å². The summed E-state index contributed by atoms with van der Waals surface area (Å²) >= 11 is 0. The van der Waals surface area contributed by atoms with Gasteiger partial charge in [0.2, 0.25) is 0 Å². The summed E-state index contributed by atoms with van der Waals surface area (Å²) in [4.78, 5) is 35.5. The molecule has 6 heteroatoms. The van der Waals surface area contributed by atoms with E-state index in [9.17, 15) is 14.4 Å². The zero-order chi connectivity index (χ0) is 16.0. The molecule has 1 aromatic heterocycles. The van der Waals surface area contributed by atoms with Crippen LogP contribution in [0.2, 0.25) is 0 Å². The molecule has 0 aliphatic heterocycles. The molecule has 0 saturated heterocycles. The zero-order valence-electron chi connectivity index (χ0n) is 12.7. The van der Waals surface area contributed by atoms with Gasteiger partial charge in [-0.15, -0.1) is 0 Å². The van der Waals surface area contributed by atoms with Crippen LogP contribution in [-0.2, 0) is 9.47 Å². The number of esters is 2. The maximum absolute atomic E-state index is 12.1. The van der Waals surface area contributed by atoms with Crippen LogP contribution in [0, 0.1) is 12.8 Å². The Hall–Kier alpha value is -2.11. The van der Waals surface area contributed by atoms with Crippen molar-refractivity contribution in [1.29, 1.82) is 0 Å². The van der Waals surface area contributed by atoms with E-state index in [-0.39, 0.29) is 36.0 Å². The van der Waals surface area contributed by atoms with Crippen molar-refractivity contribution < 1.29 is 23.5 Å². The second-order valence-electron chi connectivity index (χ2n) is 5.04. The number of hydrogen-bond donors (Lipinski definition) is 0. The molecule has 0 bridgehead atoms. The molecule has 0 radical (unpaired) electrons. The Balaban J connectivity index is 3.14. The fraction of sp³-hybridized carbons (Fsp3) is 0.533. The molecule has 1 heterocycles. The summed E-state index contributed by atoms with van der Waals surface area (Å²) in [5, 5.41) is 0. The van der Waals surface area contributed by atoms with Gasteiger partial charge in [0, 0.05) is 6.07 Å². The molecule has 0 saturated carbocycles. The van der Waals surface area contributed by atoms with Crippen LogP contribution in [-0.4, -0.2) is 25.2 Å². The van der Waals surface area contributed by atoms with Crippen molar-refractivity contribution in [3.8, 4) is 0 Å². The van der Waals surface area contributed by atoms with E-state index in [4.69, 9.17) is 13.9 Å². The smallest absolute Gasteiger partial charge is 0.342 e. The van der Waals surface area contributed by atoms with Crippen molar-refractivity contribution in [1.82, 2.24) is 0 Å². The third kappa shape index (κ3) is 4.73. The molecule has 116 valence electrons. The largest absolute Gasteiger partial charge is 0.462 e. The van der Waals surface area contributed by atoms with Crippen LogP contribution >= 0.6 is 0 Å². The van der Waals surface area contributed by atoms with Crippen molar-refractivity contribution in [3.63, 3.8) is 0 Å². The molecule has 0 unspecified atom stereocenters. The highest BCUT2D eigenvalue weighted by atomic mass is 16.5. The summed E-state index contributed by atoms with van der Waals surface area (Å²) < 4.78 is 14.9. The maximum atomic E-state index is 12.1. The summed E-state index contributed by atoms with van der Waals surface area (Å²) in [7, 11) is 0. The average molecular weight is 296 g/mol. The Kier molecular flexibility index (Phi) is 6.14. The number of aryl methyl sites for hydroxylation is 1. The molecular formula is C15H20O6. The maximum Gasteiger partial charge on any atom is 0.342 e. The Morgan fingerprint density at radius 1 is 1.24 bits per heavy atom. The fourth-order valence-electron chi connectivity index (χ4n) is 1.61. The van der Waals surface area contributed by atoms with Gasteiger partial charge in [-0.1, -0.05) is 20.8 Å². The molecule has 0 aliphatic carbocycles. The lowest BCUT2D eigenvalue weighted by Gasteiger charge is -2.11. The predicted octanol–water partition coefficient (Wildman–Crippen LogP) is 2.33. The van der Waals surface area contributed by atoms with Crippen molar-refractivity contribution in [2.45, 2.75) is 34.1 Å². The molecule has 6 nitrogen and oxygen atoms in total. The van der Waals surface area contributed by atoms with Gasteiger partial charge in [0.1, 0.15) is 11.3 Å². The van der Waals surface area contributed by atoms with E-state index >= 15 is 0 Å². The second-order valence-corrected chi connectivity index (χ2v) is 5.04. The van der Waals surface area contributed by atoms with E-state index < -0.39 is 17.6 Å². The van der Waals surface area contributed by atoms with Crippen LogP contribution < -0.4 is 5.63 Å². The topological polar surface area (TPSA) is 82.8 Å². The van der Waals surface area contributed by atoms with Gasteiger partial charge in [-0.25, -0.2) is 14.4 Å². The van der Waals surface area contributed by atoms with E-state index in [0.29, 0.717) is 6.42 Å². The predicted molar refractivity (Wildman–Crippen MR) is 75.4 cm³/mol. The van der Waals surface area contributed by atoms with Crippen LogP contribution in [0.3, 0.4) is 0 Å². The highest BCUT2D eigenvalue weighted by Crippen LogP contribution is 2.15. The molecule has 0 fully saturated rings. The minimum absolute atomic E-state index is 0.0414. The van der Waals surface area contributed by atoms with Crippen LogP contribution in [0.15, 0.2) is 15.3 Å². The van der Waals surface area contributed by atoms with Gasteiger partial charge in [0.05, 0.1) is 18.8 Å². The molecule has 0 amide bonds. The Bertz CT molecular complexity index is 570. The second kappa shape index (κ2) is 7.61. The molecular weight excluding hydrogens is 276 g/mol. The third-order valence-electron chi connectivity index (χ3n) is 2.55. The van der Waals surface area contributed by atoms with E-state index in [1.54, 1.807) is 0 Å². The van der Waals surface area contributed by atoms with Crippen LogP contribution in [0.4, 0.5) is 0 Å². The zero-order valence-corrected chi connectivity index (χ0v) is 12.7. The van der Waals surface area contributed by atoms with Crippen molar-refractivity contribution in [3.05, 3.63) is 33.4 Å². The van der Waals surface area contributed by atoms with Crippen molar-refractivity contribution >= 4 is 11.9 Å². The lowest BCUT2D eigenvalue weighted by molar-refractivity contribution is 0.0424. The van der Waals surface area contributed by atoms with E-state index in [0.717, 1.165) is 6.07 Å². The van der Waals surface area contributed by atoms with Gasteiger partial charge in [0.15, 0.2) is 0 Å². The molecule has 1 rings (SSSR count). The first-order chi connectivity index (χ1) is 9.86. The van der Waals surface area contributed by atoms with Gasteiger partial charge >= 0.3 is 17.6 Å². The van der Waals surface area contributed by atoms with Crippen LogP contribution in [0.25, 0.3) is 0 Å². The van der Waals surface area contributed by atoms with Gasteiger partial charge in [-0.05, 0) is 19.3 Å². The molecule has 21 heavy (non-hydrogen) atoms. The molecule has 0 aliphatic rings. The lowest BCUT2D eigenvalue weighted by atomic mass is 10.1. The van der Waals surface area contributed by atoms with Crippen LogP contribution in [0.5, 0.6) is 0 Å². The third-order valence-corrected chi connectivity index (χ3v) is 2.55. The van der Waals surface area contributed by atoms with E-state index in [1.165, 1.54) is 6.92 Å². The summed E-state index contributed by atoms with van der Waals surface area (Å²) in [6.07, 6.45) is 0.638. The lowest BCUT2D eigenvalue weighted by Crippen LogP contribution is -2.20. The highest BCUT2D eigenvalue weighted by Gasteiger charge is 2.24. The number of carbonyl (C=O) groups is 2. The molecule has 1 aromatic rings. The van der Waals surface area contributed by atoms with Crippen LogP contribution in [0.1, 0.15) is 53.7 Å². The SMILES string of the molecule is CCCOC(=O)c1cc(=O)oc(C)c1C(=O)OCC(C)C. The Morgan fingerprint density at radius 2 is 1.90 bits per heavy atom. The summed E-state index contributed by atoms with van der Waals surface area (Å²) in [5.41, 5.74) is -0.890. The first-order valence-corrected chi connectivity index (χ1v) is 6.85. The standard InChI is InChI=1S/C15H20O6/c1-5-6-19-14(17)11-7-12(16)21-10(4)13(11)15(18)20-8-9(2)3/h7,9H,5-6,8H2,1-4H3. The van der Waals surface area contributed by atoms with Crippen molar-refractivity contribution in [2.75, 3.05) is 13.2 Å². The molecule has 0 spiro atoms. The minimum Gasteiger partial charge on any atom is -0.462 e. The Labute approximate surface area is 123 Å². The Morgan fingerprint density at radius 3 is 2.48 bits per heavy atom. The van der Waals surface area contributed by atoms with E-state index in [2.05, 4.69) is 0 Å². The van der Waals surface area contributed by atoms with Gasteiger partial charge in [0.25, 0.3) is 0 Å². The summed E-state index contributed by atoms with van der Waals surface area (Å²) in [6.45, 7) is 7.47. The van der Waals surface area contributed by atoms with Gasteiger partial charge in [-0.2, -0.15) is 0 Å². The van der Waals surface area contributed by atoms with Gasteiger partial charge in [-0.3, -0.25) is 0 Å². The first kappa shape index (κ1) is 16.9. The number of carbonyl (C=O) groups excluding carboxylic acids is 2. The average Bonchev–Trinajstić information content (AvgIpc) is 2.41. The normalized spacial score (nSPS) is 10.5. The summed E-state index contributed by atoms with van der Waals surface area (Å²) in [6, 6.07) is 0.955. The number of hydrogen-bond acceptors (Lipinski definition) is 6. The minimum atomic E-state index is -0.732. The molecule has 0 aromatic carbocycles. The highest BCUT2D eigenvalue weighted by molar-refractivity contribution is 6.03. The van der Waals surface area contributed by atoms with Gasteiger partial charge < -0.3 is 13.9 Å².